The Balaban J connectivity index is 1.34. The number of hydrogen-bond donors (Lipinski definition) is 1. The van der Waals surface area contributed by atoms with E-state index >= 15 is 0 Å². The van der Waals surface area contributed by atoms with E-state index in [1.54, 1.807) is 49.5 Å². The van der Waals surface area contributed by atoms with Crippen molar-refractivity contribution in [2.24, 2.45) is 0 Å². The van der Waals surface area contributed by atoms with Gasteiger partial charge in [0.05, 0.1) is 5.69 Å². The molecule has 172 valence electrons. The second kappa shape index (κ2) is 9.59. The number of rotatable bonds is 6. The van der Waals surface area contributed by atoms with Crippen LogP contribution >= 0.6 is 0 Å². The van der Waals surface area contributed by atoms with Gasteiger partial charge < -0.3 is 10.2 Å². The fraction of sp³-hybridized carbons (Fsp3) is 0.273. The first-order chi connectivity index (χ1) is 15.8. The normalized spacial score (nSPS) is 14.8. The van der Waals surface area contributed by atoms with Gasteiger partial charge in [-0.3, -0.25) is 9.78 Å². The quantitative estimate of drug-likeness (QED) is 0.585. The molecule has 1 aromatic carbocycles. The summed E-state index contributed by atoms with van der Waals surface area (Å²) >= 11 is 0. The van der Waals surface area contributed by atoms with Crippen molar-refractivity contribution < 1.29 is 17.6 Å². The maximum atomic E-state index is 13.0. The number of aryl methyl sites for hydroxylation is 1. The Kier molecular flexibility index (Phi) is 6.61. The number of pyridine rings is 1. The number of hydrogen-bond acceptors (Lipinski definition) is 7. The molecule has 1 N–H and O–H groups in total. The first-order valence-corrected chi connectivity index (χ1v) is 11.8. The smallest absolute Gasteiger partial charge is 0.272 e. The third-order valence-electron chi connectivity index (χ3n) is 5.39. The summed E-state index contributed by atoms with van der Waals surface area (Å²) in [7, 11) is -3.61. The monoisotopic (exact) mass is 470 g/mol. The Morgan fingerprint density at radius 2 is 1.76 bits per heavy atom. The molecule has 0 aliphatic carbocycles. The minimum absolute atomic E-state index is 0.161. The van der Waals surface area contributed by atoms with Crippen LogP contribution in [0.2, 0.25) is 0 Å². The predicted molar refractivity (Wildman–Crippen MR) is 120 cm³/mol. The van der Waals surface area contributed by atoms with Gasteiger partial charge in [-0.1, -0.05) is 12.1 Å². The van der Waals surface area contributed by atoms with Gasteiger partial charge in [-0.05, 0) is 48.9 Å². The molecule has 9 nitrogen and oxygen atoms in total. The van der Waals surface area contributed by atoms with E-state index in [2.05, 4.69) is 20.5 Å². The lowest BCUT2D eigenvalue weighted by molar-refractivity contribution is 0.0945. The SMILES string of the molecule is Cc1ncccc1S(=O)(=O)N1CCN(c2ccc(C(=O)NCc3ccc(F)cc3)nn2)CC1. The number of piperazine rings is 1. The lowest BCUT2D eigenvalue weighted by Gasteiger charge is -2.34. The van der Waals surface area contributed by atoms with E-state index < -0.39 is 10.0 Å². The summed E-state index contributed by atoms with van der Waals surface area (Å²) in [5.74, 6) is -0.155. The molecule has 3 aromatic rings. The zero-order valence-corrected chi connectivity index (χ0v) is 18.8. The van der Waals surface area contributed by atoms with Gasteiger partial charge in [0.15, 0.2) is 11.5 Å². The van der Waals surface area contributed by atoms with E-state index in [0.717, 1.165) is 5.56 Å². The van der Waals surface area contributed by atoms with E-state index in [-0.39, 0.29) is 28.9 Å². The van der Waals surface area contributed by atoms with Crippen molar-refractivity contribution in [3.05, 3.63) is 77.5 Å². The largest absolute Gasteiger partial charge is 0.352 e. The number of halogens is 1. The van der Waals surface area contributed by atoms with E-state index in [0.29, 0.717) is 37.7 Å². The van der Waals surface area contributed by atoms with Gasteiger partial charge in [0.2, 0.25) is 10.0 Å². The van der Waals surface area contributed by atoms with Crippen molar-refractivity contribution in [1.82, 2.24) is 24.8 Å². The van der Waals surface area contributed by atoms with Crippen LogP contribution in [0.15, 0.2) is 59.6 Å². The van der Waals surface area contributed by atoms with Crippen molar-refractivity contribution in [3.8, 4) is 0 Å². The fourth-order valence-corrected chi connectivity index (χ4v) is 5.13. The topological polar surface area (TPSA) is 108 Å². The second-order valence-corrected chi connectivity index (χ2v) is 9.47. The van der Waals surface area contributed by atoms with Crippen LogP contribution in [-0.4, -0.2) is 60.0 Å². The number of amides is 1. The highest BCUT2D eigenvalue weighted by Gasteiger charge is 2.30. The zero-order valence-electron chi connectivity index (χ0n) is 18.0. The molecule has 1 aliphatic heterocycles. The van der Waals surface area contributed by atoms with Crippen LogP contribution in [0.25, 0.3) is 0 Å². The van der Waals surface area contributed by atoms with Crippen molar-refractivity contribution in [2.75, 3.05) is 31.1 Å². The fourth-order valence-electron chi connectivity index (χ4n) is 3.53. The average Bonchev–Trinajstić information content (AvgIpc) is 2.84. The molecule has 3 heterocycles. The molecule has 0 saturated carbocycles. The summed E-state index contributed by atoms with van der Waals surface area (Å²) in [5.41, 5.74) is 1.40. The number of anilines is 1. The van der Waals surface area contributed by atoms with E-state index in [4.69, 9.17) is 0 Å². The first-order valence-electron chi connectivity index (χ1n) is 10.4. The van der Waals surface area contributed by atoms with Crippen LogP contribution in [-0.2, 0) is 16.6 Å². The van der Waals surface area contributed by atoms with E-state index in [1.807, 2.05) is 4.90 Å². The van der Waals surface area contributed by atoms with Crippen molar-refractivity contribution in [2.45, 2.75) is 18.4 Å². The molecule has 2 aromatic heterocycles. The molecule has 0 bridgehead atoms. The highest BCUT2D eigenvalue weighted by atomic mass is 32.2. The highest BCUT2D eigenvalue weighted by molar-refractivity contribution is 7.89. The molecule has 1 saturated heterocycles. The molecule has 0 spiro atoms. The number of benzene rings is 1. The van der Waals surface area contributed by atoms with Crippen molar-refractivity contribution in [3.63, 3.8) is 0 Å². The number of nitrogens with one attached hydrogen (secondary N) is 1. The third kappa shape index (κ3) is 5.15. The molecular formula is C22H23FN6O3S. The van der Waals surface area contributed by atoms with Gasteiger partial charge in [-0.25, -0.2) is 12.8 Å². The molecule has 33 heavy (non-hydrogen) atoms. The molecule has 1 aliphatic rings. The molecular weight excluding hydrogens is 447 g/mol. The molecule has 0 unspecified atom stereocenters. The zero-order chi connectivity index (χ0) is 23.4. The molecule has 1 amide bonds. The Hall–Kier alpha value is -3.44. The minimum Gasteiger partial charge on any atom is -0.352 e. The molecule has 1 fully saturated rings. The van der Waals surface area contributed by atoms with Gasteiger partial charge in [-0.15, -0.1) is 10.2 Å². The Bertz CT molecular complexity index is 1230. The van der Waals surface area contributed by atoms with Crippen LogP contribution in [0, 0.1) is 12.7 Å². The summed E-state index contributed by atoms with van der Waals surface area (Å²) in [4.78, 5) is 18.5. The van der Waals surface area contributed by atoms with Crippen molar-refractivity contribution >= 4 is 21.7 Å². The molecule has 11 heteroatoms. The minimum atomic E-state index is -3.61. The number of carbonyl (C=O) groups is 1. The summed E-state index contributed by atoms with van der Waals surface area (Å²) in [6, 6.07) is 12.3. The lowest BCUT2D eigenvalue weighted by atomic mass is 10.2. The first kappa shape index (κ1) is 22.7. The summed E-state index contributed by atoms with van der Waals surface area (Å²) < 4.78 is 40.3. The van der Waals surface area contributed by atoms with E-state index in [1.165, 1.54) is 16.4 Å². The number of aromatic nitrogens is 3. The van der Waals surface area contributed by atoms with Crippen LogP contribution < -0.4 is 10.2 Å². The lowest BCUT2D eigenvalue weighted by Crippen LogP contribution is -2.49. The van der Waals surface area contributed by atoms with E-state index in [9.17, 15) is 17.6 Å². The number of sulfonamides is 1. The third-order valence-corrected chi connectivity index (χ3v) is 7.42. The maximum absolute atomic E-state index is 13.0. The number of carbonyl (C=O) groups excluding carboxylic acids is 1. The van der Waals surface area contributed by atoms with Crippen LogP contribution in [0.1, 0.15) is 21.7 Å². The van der Waals surface area contributed by atoms with Gasteiger partial charge >= 0.3 is 0 Å². The standard InChI is InChI=1S/C22H23FN6O3S/c1-16-20(3-2-10-24-16)33(31,32)29-13-11-28(12-14-29)21-9-8-19(26-27-21)22(30)25-15-17-4-6-18(23)7-5-17/h2-10H,11-15H2,1H3,(H,25,30). The maximum Gasteiger partial charge on any atom is 0.272 e. The predicted octanol–water partition coefficient (Wildman–Crippen LogP) is 1.76. The number of nitrogens with zero attached hydrogens (tertiary/aromatic N) is 5. The Labute approximate surface area is 191 Å². The van der Waals surface area contributed by atoms with Gasteiger partial charge in [0.1, 0.15) is 10.7 Å². The Morgan fingerprint density at radius 3 is 2.39 bits per heavy atom. The van der Waals surface area contributed by atoms with Crippen LogP contribution in [0.5, 0.6) is 0 Å². The van der Waals surface area contributed by atoms with Gasteiger partial charge in [0, 0.05) is 38.9 Å². The molecule has 0 radical (unpaired) electrons. The second-order valence-electron chi connectivity index (χ2n) is 7.56. The van der Waals surface area contributed by atoms with Crippen LogP contribution in [0.3, 0.4) is 0 Å². The van der Waals surface area contributed by atoms with Gasteiger partial charge in [-0.2, -0.15) is 4.31 Å². The molecule has 4 rings (SSSR count). The summed E-state index contributed by atoms with van der Waals surface area (Å²) in [6.45, 7) is 3.43. The van der Waals surface area contributed by atoms with Gasteiger partial charge in [0.25, 0.3) is 5.91 Å². The van der Waals surface area contributed by atoms with Crippen LogP contribution in [0.4, 0.5) is 10.2 Å². The summed E-state index contributed by atoms with van der Waals surface area (Å²) in [5, 5.41) is 10.9. The summed E-state index contributed by atoms with van der Waals surface area (Å²) in [6.07, 6.45) is 1.57. The average molecular weight is 471 g/mol. The highest BCUT2D eigenvalue weighted by Crippen LogP contribution is 2.21. The van der Waals surface area contributed by atoms with Crippen molar-refractivity contribution in [1.29, 1.82) is 0 Å². The molecule has 0 atom stereocenters. The Morgan fingerprint density at radius 1 is 1.03 bits per heavy atom.